The molecule has 0 unspecified atom stereocenters. The van der Waals surface area contributed by atoms with E-state index in [0.29, 0.717) is 17.6 Å². The fourth-order valence-corrected chi connectivity index (χ4v) is 3.93. The summed E-state index contributed by atoms with van der Waals surface area (Å²) in [5.41, 5.74) is 1.80. The molecular formula is C22H31N7O. The van der Waals surface area contributed by atoms with Gasteiger partial charge in [0.15, 0.2) is 0 Å². The van der Waals surface area contributed by atoms with E-state index in [1.807, 2.05) is 4.52 Å². The second-order valence-corrected chi connectivity index (χ2v) is 9.61. The van der Waals surface area contributed by atoms with Gasteiger partial charge in [-0.05, 0) is 24.7 Å². The van der Waals surface area contributed by atoms with Gasteiger partial charge in [0.2, 0.25) is 0 Å². The Hall–Kier alpha value is -2.77. The zero-order valence-electron chi connectivity index (χ0n) is 18.5. The van der Waals surface area contributed by atoms with Gasteiger partial charge < -0.3 is 4.90 Å². The molecule has 30 heavy (non-hydrogen) atoms. The molecule has 3 aromatic heterocycles. The predicted molar refractivity (Wildman–Crippen MR) is 117 cm³/mol. The predicted octanol–water partition coefficient (Wildman–Crippen LogP) is 3.02. The first kappa shape index (κ1) is 20.5. The minimum Gasteiger partial charge on any atom is -0.356 e. The van der Waals surface area contributed by atoms with E-state index in [4.69, 9.17) is 0 Å². The molecule has 3 aromatic rings. The van der Waals surface area contributed by atoms with E-state index in [-0.39, 0.29) is 11.0 Å². The van der Waals surface area contributed by atoms with Crippen LogP contribution in [0.4, 0.5) is 5.82 Å². The summed E-state index contributed by atoms with van der Waals surface area (Å²) in [7, 11) is 0. The minimum absolute atomic E-state index is 0.0392. The Morgan fingerprint density at radius 2 is 1.87 bits per heavy atom. The zero-order valence-corrected chi connectivity index (χ0v) is 18.5. The quantitative estimate of drug-likeness (QED) is 0.659. The monoisotopic (exact) mass is 409 g/mol. The summed E-state index contributed by atoms with van der Waals surface area (Å²) in [6.07, 6.45) is 5.31. The SMILES string of the molecule is CC(C)c1cc(N2CCC(Cn3cnc(C(C)(C)C)cc3=O)CC2)n2ncnc2n1. The number of hydrogen-bond donors (Lipinski definition) is 0. The summed E-state index contributed by atoms with van der Waals surface area (Å²) in [6, 6.07) is 3.81. The third kappa shape index (κ3) is 4.08. The summed E-state index contributed by atoms with van der Waals surface area (Å²) >= 11 is 0. The lowest BCUT2D eigenvalue weighted by Crippen LogP contribution is -2.37. The van der Waals surface area contributed by atoms with Crippen molar-refractivity contribution in [1.29, 1.82) is 0 Å². The largest absolute Gasteiger partial charge is 0.356 e. The van der Waals surface area contributed by atoms with Crippen LogP contribution in [0, 0.1) is 5.92 Å². The van der Waals surface area contributed by atoms with Crippen LogP contribution >= 0.6 is 0 Å². The van der Waals surface area contributed by atoms with E-state index in [9.17, 15) is 4.79 Å². The van der Waals surface area contributed by atoms with Crippen molar-refractivity contribution in [3.05, 3.63) is 46.5 Å². The smallest absolute Gasteiger partial charge is 0.254 e. The van der Waals surface area contributed by atoms with Crippen LogP contribution in [-0.2, 0) is 12.0 Å². The van der Waals surface area contributed by atoms with Crippen LogP contribution in [0.2, 0.25) is 0 Å². The van der Waals surface area contributed by atoms with E-state index in [0.717, 1.165) is 49.7 Å². The van der Waals surface area contributed by atoms with Crippen LogP contribution in [0.15, 0.2) is 29.6 Å². The fraction of sp³-hybridized carbons (Fsp3) is 0.591. The molecule has 8 heteroatoms. The number of fused-ring (bicyclic) bond motifs is 1. The Kier molecular flexibility index (Phi) is 5.34. The van der Waals surface area contributed by atoms with E-state index >= 15 is 0 Å². The summed E-state index contributed by atoms with van der Waals surface area (Å²) in [5, 5.41) is 4.37. The molecule has 0 N–H and O–H groups in total. The average molecular weight is 410 g/mol. The molecule has 4 heterocycles. The Morgan fingerprint density at radius 1 is 1.13 bits per heavy atom. The molecule has 0 amide bonds. The molecule has 1 saturated heterocycles. The van der Waals surface area contributed by atoms with Gasteiger partial charge in [0.25, 0.3) is 11.3 Å². The number of anilines is 1. The molecule has 0 spiro atoms. The summed E-state index contributed by atoms with van der Waals surface area (Å²) in [5.74, 6) is 2.49. The maximum atomic E-state index is 12.6. The van der Waals surface area contributed by atoms with Crippen LogP contribution in [0.1, 0.15) is 64.8 Å². The lowest BCUT2D eigenvalue weighted by atomic mass is 9.92. The van der Waals surface area contributed by atoms with E-state index in [1.165, 1.54) is 0 Å². The van der Waals surface area contributed by atoms with E-state index in [2.05, 4.69) is 65.6 Å². The second kappa shape index (κ2) is 7.81. The maximum absolute atomic E-state index is 12.6. The van der Waals surface area contributed by atoms with Crippen molar-refractivity contribution in [2.24, 2.45) is 5.92 Å². The highest BCUT2D eigenvalue weighted by atomic mass is 16.1. The van der Waals surface area contributed by atoms with Gasteiger partial charge in [0.05, 0.1) is 17.7 Å². The lowest BCUT2D eigenvalue weighted by Gasteiger charge is -2.33. The minimum atomic E-state index is -0.115. The number of hydrogen-bond acceptors (Lipinski definition) is 6. The van der Waals surface area contributed by atoms with E-state index in [1.54, 1.807) is 23.3 Å². The van der Waals surface area contributed by atoms with Gasteiger partial charge in [-0.15, -0.1) is 0 Å². The van der Waals surface area contributed by atoms with Gasteiger partial charge in [0, 0.05) is 37.2 Å². The highest BCUT2D eigenvalue weighted by molar-refractivity contribution is 5.48. The number of nitrogens with zero attached hydrogens (tertiary/aromatic N) is 7. The average Bonchev–Trinajstić information content (AvgIpc) is 3.17. The van der Waals surface area contributed by atoms with Gasteiger partial charge in [-0.3, -0.25) is 9.36 Å². The molecule has 1 aliphatic rings. The van der Waals surface area contributed by atoms with Gasteiger partial charge in [0.1, 0.15) is 12.1 Å². The fourth-order valence-electron chi connectivity index (χ4n) is 3.93. The molecule has 0 radical (unpaired) electrons. The highest BCUT2D eigenvalue weighted by Gasteiger charge is 2.24. The molecular weight excluding hydrogens is 378 g/mol. The van der Waals surface area contributed by atoms with Crippen molar-refractivity contribution in [3.8, 4) is 0 Å². The van der Waals surface area contributed by atoms with Gasteiger partial charge in [-0.2, -0.15) is 14.6 Å². The van der Waals surface area contributed by atoms with Crippen molar-refractivity contribution in [1.82, 2.24) is 29.1 Å². The van der Waals surface area contributed by atoms with Gasteiger partial charge >= 0.3 is 0 Å². The van der Waals surface area contributed by atoms with Crippen LogP contribution in [0.25, 0.3) is 5.78 Å². The Balaban J connectivity index is 1.47. The zero-order chi connectivity index (χ0) is 21.5. The van der Waals surface area contributed by atoms with Gasteiger partial charge in [-0.25, -0.2) is 9.97 Å². The van der Waals surface area contributed by atoms with Crippen LogP contribution in [0.3, 0.4) is 0 Å². The molecule has 0 aromatic carbocycles. The molecule has 0 saturated carbocycles. The lowest BCUT2D eigenvalue weighted by molar-refractivity contribution is 0.348. The van der Waals surface area contributed by atoms with Crippen LogP contribution < -0.4 is 10.5 Å². The highest BCUT2D eigenvalue weighted by Crippen LogP contribution is 2.26. The Bertz CT molecular complexity index is 1080. The molecule has 8 nitrogen and oxygen atoms in total. The van der Waals surface area contributed by atoms with Crippen LogP contribution in [0.5, 0.6) is 0 Å². The molecule has 1 aliphatic heterocycles. The molecule has 0 aliphatic carbocycles. The first-order valence-corrected chi connectivity index (χ1v) is 10.7. The topological polar surface area (TPSA) is 81.2 Å². The van der Waals surface area contributed by atoms with Crippen molar-refractivity contribution in [2.75, 3.05) is 18.0 Å². The third-order valence-electron chi connectivity index (χ3n) is 5.89. The third-order valence-corrected chi connectivity index (χ3v) is 5.89. The second-order valence-electron chi connectivity index (χ2n) is 9.61. The number of piperidine rings is 1. The summed E-state index contributed by atoms with van der Waals surface area (Å²) in [6.45, 7) is 13.1. The normalized spacial score (nSPS) is 16.0. The molecule has 1 fully saturated rings. The number of aromatic nitrogens is 6. The Labute approximate surface area is 177 Å². The van der Waals surface area contributed by atoms with Gasteiger partial charge in [-0.1, -0.05) is 34.6 Å². The summed E-state index contributed by atoms with van der Waals surface area (Å²) in [4.78, 5) is 28.3. The number of rotatable bonds is 4. The summed E-state index contributed by atoms with van der Waals surface area (Å²) < 4.78 is 3.58. The van der Waals surface area contributed by atoms with Crippen molar-refractivity contribution in [3.63, 3.8) is 0 Å². The first-order valence-electron chi connectivity index (χ1n) is 10.7. The Morgan fingerprint density at radius 3 is 2.50 bits per heavy atom. The van der Waals surface area contributed by atoms with Crippen molar-refractivity contribution in [2.45, 2.75) is 65.3 Å². The standard InChI is InChI=1S/C22H31N7O/c1-15(2)17-10-19(29-21(26-17)23-13-25-29)27-8-6-16(7-9-27)12-28-14-24-18(11-20(28)30)22(3,4)5/h10-11,13-16H,6-9,12H2,1-5H3. The van der Waals surface area contributed by atoms with Crippen LogP contribution in [-0.4, -0.2) is 42.2 Å². The first-order chi connectivity index (χ1) is 14.2. The maximum Gasteiger partial charge on any atom is 0.254 e. The molecule has 4 rings (SSSR count). The molecule has 0 bridgehead atoms. The molecule has 0 atom stereocenters. The van der Waals surface area contributed by atoms with Crippen molar-refractivity contribution >= 4 is 11.6 Å². The van der Waals surface area contributed by atoms with E-state index < -0.39 is 0 Å². The molecule has 160 valence electrons. The van der Waals surface area contributed by atoms with Crippen molar-refractivity contribution < 1.29 is 0 Å².